The highest BCUT2D eigenvalue weighted by atomic mass is 127. The Kier molecular flexibility index (Phi) is 4.55. The highest BCUT2D eigenvalue weighted by Gasteiger charge is 2.11. The van der Waals surface area contributed by atoms with E-state index in [2.05, 4.69) is 48.8 Å². The Morgan fingerprint density at radius 1 is 1.44 bits per heavy atom. The van der Waals surface area contributed by atoms with Crippen LogP contribution in [0.15, 0.2) is 35.1 Å². The number of imidazole rings is 1. The quantitative estimate of drug-likeness (QED) is 0.739. The third-order valence-electron chi connectivity index (χ3n) is 2.32. The maximum absolute atomic E-state index is 12.6. The van der Waals surface area contributed by atoms with Gasteiger partial charge in [0.25, 0.3) is 0 Å². The largest absolute Gasteiger partial charge is 0.377 e. The summed E-state index contributed by atoms with van der Waals surface area (Å²) in [6.45, 7) is -2.31. The van der Waals surface area contributed by atoms with Crippen LogP contribution in [0.4, 0.5) is 14.5 Å². The summed E-state index contributed by atoms with van der Waals surface area (Å²) in [5, 5.41) is 3.10. The lowest BCUT2D eigenvalue weighted by atomic mass is 10.3. The van der Waals surface area contributed by atoms with Gasteiger partial charge in [-0.1, -0.05) is 15.9 Å². The number of nitrogens with zero attached hydrogens (tertiary/aromatic N) is 2. The molecule has 2 aromatic rings. The number of hydrogen-bond acceptors (Lipinski definition) is 2. The Labute approximate surface area is 125 Å². The van der Waals surface area contributed by atoms with Crippen molar-refractivity contribution in [3.8, 4) is 0 Å². The molecule has 3 nitrogen and oxygen atoms in total. The van der Waals surface area contributed by atoms with Gasteiger partial charge in [-0.05, 0) is 40.8 Å². The molecule has 96 valence electrons. The number of benzene rings is 1. The first-order valence-electron chi connectivity index (χ1n) is 5.06. The van der Waals surface area contributed by atoms with Crippen molar-refractivity contribution in [2.24, 2.45) is 0 Å². The van der Waals surface area contributed by atoms with Crippen LogP contribution in [0.1, 0.15) is 12.4 Å². The van der Waals surface area contributed by atoms with Gasteiger partial charge >= 0.3 is 6.55 Å². The lowest BCUT2D eigenvalue weighted by Crippen LogP contribution is -2.09. The standard InChI is InChI=1S/C11H9BrF2IN3/c12-7-1-2-8(15)9(5-7)17-6-10-16-3-4-18(10)11(13)14/h1-5,11,17H,6H2. The van der Waals surface area contributed by atoms with E-state index in [0.717, 1.165) is 18.3 Å². The van der Waals surface area contributed by atoms with E-state index in [0.29, 0.717) is 5.82 Å². The van der Waals surface area contributed by atoms with Crippen molar-refractivity contribution in [3.63, 3.8) is 0 Å². The zero-order valence-corrected chi connectivity index (χ0v) is 12.8. The maximum Gasteiger partial charge on any atom is 0.319 e. The monoisotopic (exact) mass is 427 g/mol. The summed E-state index contributed by atoms with van der Waals surface area (Å²) in [7, 11) is 0. The Morgan fingerprint density at radius 3 is 2.94 bits per heavy atom. The second-order valence-corrected chi connectivity index (χ2v) is 5.58. The molecule has 2 rings (SSSR count). The molecule has 1 heterocycles. The van der Waals surface area contributed by atoms with E-state index in [-0.39, 0.29) is 6.54 Å². The Hall–Kier alpha value is -0.700. The van der Waals surface area contributed by atoms with Gasteiger partial charge in [0, 0.05) is 26.1 Å². The van der Waals surface area contributed by atoms with Crippen LogP contribution < -0.4 is 5.32 Å². The van der Waals surface area contributed by atoms with E-state index in [1.54, 1.807) is 0 Å². The van der Waals surface area contributed by atoms with Crippen LogP contribution in [0.2, 0.25) is 0 Å². The summed E-state index contributed by atoms with van der Waals surface area (Å²) in [4.78, 5) is 3.91. The van der Waals surface area contributed by atoms with Gasteiger partial charge in [0.1, 0.15) is 5.82 Å². The van der Waals surface area contributed by atoms with Gasteiger partial charge in [-0.3, -0.25) is 4.57 Å². The first-order chi connectivity index (χ1) is 8.58. The number of anilines is 1. The summed E-state index contributed by atoms with van der Waals surface area (Å²) < 4.78 is 28.0. The predicted octanol–water partition coefficient (Wildman–Crippen LogP) is 4.26. The molecular formula is C11H9BrF2IN3. The predicted molar refractivity (Wildman–Crippen MR) is 77.7 cm³/mol. The molecule has 0 unspecified atom stereocenters. The van der Waals surface area contributed by atoms with Crippen LogP contribution in [-0.4, -0.2) is 9.55 Å². The molecule has 0 saturated heterocycles. The third-order valence-corrected chi connectivity index (χ3v) is 3.76. The van der Waals surface area contributed by atoms with Crippen molar-refractivity contribution in [1.82, 2.24) is 9.55 Å². The molecule has 0 aliphatic heterocycles. The second-order valence-electron chi connectivity index (χ2n) is 3.51. The second kappa shape index (κ2) is 5.96. The zero-order valence-electron chi connectivity index (χ0n) is 9.08. The van der Waals surface area contributed by atoms with E-state index in [9.17, 15) is 8.78 Å². The van der Waals surface area contributed by atoms with E-state index in [1.165, 1.54) is 12.4 Å². The van der Waals surface area contributed by atoms with Crippen molar-refractivity contribution < 1.29 is 8.78 Å². The molecule has 0 atom stereocenters. The van der Waals surface area contributed by atoms with Crippen LogP contribution in [0.5, 0.6) is 0 Å². The average Bonchev–Trinajstić information content (AvgIpc) is 2.79. The first-order valence-corrected chi connectivity index (χ1v) is 6.94. The molecular weight excluding hydrogens is 419 g/mol. The van der Waals surface area contributed by atoms with Gasteiger partial charge in [-0.15, -0.1) is 0 Å². The van der Waals surface area contributed by atoms with E-state index < -0.39 is 6.55 Å². The van der Waals surface area contributed by atoms with Gasteiger partial charge in [0.15, 0.2) is 0 Å². The summed E-state index contributed by atoms with van der Waals surface area (Å²) in [5.41, 5.74) is 0.883. The van der Waals surface area contributed by atoms with Crippen molar-refractivity contribution in [2.45, 2.75) is 13.1 Å². The lowest BCUT2D eigenvalue weighted by Gasteiger charge is -2.10. The molecule has 0 bridgehead atoms. The van der Waals surface area contributed by atoms with Crippen molar-refractivity contribution in [3.05, 3.63) is 44.5 Å². The van der Waals surface area contributed by atoms with Gasteiger partial charge < -0.3 is 5.32 Å². The smallest absolute Gasteiger partial charge is 0.319 e. The van der Waals surface area contributed by atoms with E-state index in [4.69, 9.17) is 0 Å². The fourth-order valence-corrected chi connectivity index (χ4v) is 2.35. The number of hydrogen-bond donors (Lipinski definition) is 1. The summed E-state index contributed by atoms with van der Waals surface area (Å²) in [6, 6.07) is 5.76. The van der Waals surface area contributed by atoms with Gasteiger partial charge in [0.2, 0.25) is 0 Å². The van der Waals surface area contributed by atoms with Gasteiger partial charge in [0.05, 0.1) is 6.54 Å². The Balaban J connectivity index is 2.11. The SMILES string of the molecule is FC(F)n1ccnc1CNc1cc(Br)ccc1I. The highest BCUT2D eigenvalue weighted by molar-refractivity contribution is 14.1. The van der Waals surface area contributed by atoms with Crippen LogP contribution in [0, 0.1) is 3.57 Å². The lowest BCUT2D eigenvalue weighted by molar-refractivity contribution is 0.0673. The number of halogens is 4. The number of nitrogens with one attached hydrogen (secondary N) is 1. The van der Waals surface area contributed by atoms with E-state index >= 15 is 0 Å². The van der Waals surface area contributed by atoms with Gasteiger partial charge in [-0.2, -0.15) is 8.78 Å². The number of rotatable bonds is 4. The minimum Gasteiger partial charge on any atom is -0.377 e. The molecule has 1 aromatic carbocycles. The molecule has 0 amide bonds. The first kappa shape index (κ1) is 13.7. The topological polar surface area (TPSA) is 29.9 Å². The summed E-state index contributed by atoms with van der Waals surface area (Å²) in [5.74, 6) is 0.306. The maximum atomic E-state index is 12.6. The Bertz CT molecular complexity index is 545. The number of alkyl halides is 2. The molecule has 0 fully saturated rings. The van der Waals surface area contributed by atoms with Crippen molar-refractivity contribution in [2.75, 3.05) is 5.32 Å². The Morgan fingerprint density at radius 2 is 2.22 bits per heavy atom. The highest BCUT2D eigenvalue weighted by Crippen LogP contribution is 2.23. The summed E-state index contributed by atoms with van der Waals surface area (Å²) in [6.07, 6.45) is 2.64. The molecule has 0 aliphatic rings. The van der Waals surface area contributed by atoms with Crippen LogP contribution in [-0.2, 0) is 6.54 Å². The average molecular weight is 428 g/mol. The zero-order chi connectivity index (χ0) is 13.1. The molecule has 0 aliphatic carbocycles. The van der Waals surface area contributed by atoms with Crippen LogP contribution in [0.3, 0.4) is 0 Å². The fourth-order valence-electron chi connectivity index (χ4n) is 1.47. The molecule has 18 heavy (non-hydrogen) atoms. The normalized spacial score (nSPS) is 10.9. The summed E-state index contributed by atoms with van der Waals surface area (Å²) >= 11 is 5.55. The minimum absolute atomic E-state index is 0.254. The molecule has 0 spiro atoms. The molecule has 1 aromatic heterocycles. The molecule has 0 radical (unpaired) electrons. The molecule has 0 saturated carbocycles. The van der Waals surface area contributed by atoms with Crippen molar-refractivity contribution >= 4 is 44.2 Å². The fraction of sp³-hybridized carbons (Fsp3) is 0.182. The minimum atomic E-state index is -2.56. The van der Waals surface area contributed by atoms with Crippen LogP contribution in [0.25, 0.3) is 0 Å². The van der Waals surface area contributed by atoms with E-state index in [1.807, 2.05) is 18.2 Å². The van der Waals surface area contributed by atoms with Gasteiger partial charge in [-0.25, -0.2) is 4.98 Å². The molecule has 7 heteroatoms. The van der Waals surface area contributed by atoms with Crippen LogP contribution >= 0.6 is 38.5 Å². The third kappa shape index (κ3) is 3.19. The van der Waals surface area contributed by atoms with Crippen molar-refractivity contribution in [1.29, 1.82) is 0 Å². The molecule has 1 N–H and O–H groups in total. The number of aromatic nitrogens is 2.